The Kier molecular flexibility index (Phi) is 2.36. The molecule has 0 radical (unpaired) electrons. The first-order valence-electron chi connectivity index (χ1n) is 5.74. The molecule has 92 valence electrons. The molecule has 0 aliphatic heterocycles. The van der Waals surface area contributed by atoms with Gasteiger partial charge in [0.1, 0.15) is 0 Å². The summed E-state index contributed by atoms with van der Waals surface area (Å²) in [5, 5.41) is 14.8. The molecule has 0 amide bonds. The van der Waals surface area contributed by atoms with Crippen molar-refractivity contribution in [2.75, 3.05) is 0 Å². The van der Waals surface area contributed by atoms with Gasteiger partial charge in [-0.25, -0.2) is 0 Å². The number of aromatic nitrogens is 2. The lowest BCUT2D eigenvalue weighted by Gasteiger charge is -1.98. The Morgan fingerprint density at radius 1 is 1.44 bits per heavy atom. The van der Waals surface area contributed by atoms with Gasteiger partial charge in [0.25, 0.3) is 11.6 Å². The maximum Gasteiger partial charge on any atom is 0.273 e. The van der Waals surface area contributed by atoms with E-state index >= 15 is 0 Å². The Morgan fingerprint density at radius 2 is 2.22 bits per heavy atom. The smallest absolute Gasteiger partial charge is 0.273 e. The summed E-state index contributed by atoms with van der Waals surface area (Å²) in [6.07, 6.45) is 2.18. The summed E-state index contributed by atoms with van der Waals surface area (Å²) in [5.41, 5.74) is 1.27. The zero-order valence-corrected chi connectivity index (χ0v) is 9.79. The standard InChI is InChI=1S/C12H11N3O3/c1-7-2-3-9(6-10(7)15(16)17)12-13-11(14-18-12)8-4-5-8/h2-3,6,8H,4-5H2,1H3. The molecular formula is C12H11N3O3. The van der Waals surface area contributed by atoms with Crippen LogP contribution < -0.4 is 0 Å². The number of rotatable bonds is 3. The molecule has 0 unspecified atom stereocenters. The van der Waals surface area contributed by atoms with Gasteiger partial charge in [-0.1, -0.05) is 11.2 Å². The molecule has 6 heteroatoms. The summed E-state index contributed by atoms with van der Waals surface area (Å²) in [5.74, 6) is 1.45. The van der Waals surface area contributed by atoms with Gasteiger partial charge in [-0.15, -0.1) is 0 Å². The van der Waals surface area contributed by atoms with E-state index in [-0.39, 0.29) is 5.69 Å². The highest BCUT2D eigenvalue weighted by Gasteiger charge is 2.29. The molecule has 18 heavy (non-hydrogen) atoms. The van der Waals surface area contributed by atoms with Crippen molar-refractivity contribution in [1.29, 1.82) is 0 Å². The van der Waals surface area contributed by atoms with E-state index in [1.165, 1.54) is 6.07 Å². The Balaban J connectivity index is 1.99. The van der Waals surface area contributed by atoms with Crippen LogP contribution in [-0.2, 0) is 0 Å². The number of nitro benzene ring substituents is 1. The van der Waals surface area contributed by atoms with Crippen LogP contribution in [0.4, 0.5) is 5.69 Å². The van der Waals surface area contributed by atoms with E-state index < -0.39 is 4.92 Å². The van der Waals surface area contributed by atoms with Gasteiger partial charge in [-0.2, -0.15) is 4.98 Å². The fraction of sp³-hybridized carbons (Fsp3) is 0.333. The van der Waals surface area contributed by atoms with Crippen LogP contribution >= 0.6 is 0 Å². The summed E-state index contributed by atoms with van der Waals surface area (Å²) in [7, 11) is 0. The minimum absolute atomic E-state index is 0.0682. The molecule has 0 atom stereocenters. The van der Waals surface area contributed by atoms with Crippen LogP contribution in [0.2, 0.25) is 0 Å². The number of aryl methyl sites for hydroxylation is 1. The van der Waals surface area contributed by atoms with E-state index in [9.17, 15) is 10.1 Å². The number of nitrogens with zero attached hydrogens (tertiary/aromatic N) is 3. The van der Waals surface area contributed by atoms with E-state index in [2.05, 4.69) is 10.1 Å². The molecule has 0 saturated heterocycles. The van der Waals surface area contributed by atoms with Gasteiger partial charge in [-0.3, -0.25) is 10.1 Å². The summed E-state index contributed by atoms with van der Waals surface area (Å²) < 4.78 is 5.14. The summed E-state index contributed by atoms with van der Waals surface area (Å²) in [6.45, 7) is 1.70. The van der Waals surface area contributed by atoms with Crippen molar-refractivity contribution in [3.05, 3.63) is 39.7 Å². The number of hydrogen-bond donors (Lipinski definition) is 0. The molecule has 0 N–H and O–H groups in total. The second-order valence-corrected chi connectivity index (χ2v) is 4.49. The van der Waals surface area contributed by atoms with E-state index in [0.717, 1.165) is 12.8 Å². The van der Waals surface area contributed by atoms with Crippen LogP contribution in [0.3, 0.4) is 0 Å². The van der Waals surface area contributed by atoms with Crippen molar-refractivity contribution >= 4 is 5.69 Å². The largest absolute Gasteiger partial charge is 0.334 e. The van der Waals surface area contributed by atoms with E-state index in [1.807, 2.05) is 0 Å². The zero-order chi connectivity index (χ0) is 12.7. The fourth-order valence-corrected chi connectivity index (χ4v) is 1.80. The Hall–Kier alpha value is -2.24. The average Bonchev–Trinajstić information content (AvgIpc) is 3.08. The van der Waals surface area contributed by atoms with Crippen molar-refractivity contribution in [1.82, 2.24) is 10.1 Å². The lowest BCUT2D eigenvalue weighted by molar-refractivity contribution is -0.385. The number of benzene rings is 1. The predicted molar refractivity (Wildman–Crippen MR) is 63.1 cm³/mol. The van der Waals surface area contributed by atoms with Crippen LogP contribution in [0, 0.1) is 17.0 Å². The quantitative estimate of drug-likeness (QED) is 0.613. The third-order valence-electron chi connectivity index (χ3n) is 3.04. The second-order valence-electron chi connectivity index (χ2n) is 4.49. The SMILES string of the molecule is Cc1ccc(-c2nc(C3CC3)no2)cc1[N+](=O)[O-]. The van der Waals surface area contributed by atoms with Crippen LogP contribution in [0.1, 0.15) is 30.1 Å². The summed E-state index contributed by atoms with van der Waals surface area (Å²) in [4.78, 5) is 14.7. The molecular weight excluding hydrogens is 234 g/mol. The second kappa shape index (κ2) is 3.90. The first-order valence-corrected chi connectivity index (χ1v) is 5.74. The van der Waals surface area contributed by atoms with Gasteiger partial charge in [-0.05, 0) is 25.8 Å². The normalized spacial score (nSPS) is 14.7. The number of hydrogen-bond acceptors (Lipinski definition) is 5. The molecule has 3 rings (SSSR count). The Bertz CT molecular complexity index is 617. The molecule has 1 aliphatic rings. The van der Waals surface area contributed by atoms with E-state index in [4.69, 9.17) is 4.52 Å². The highest BCUT2D eigenvalue weighted by Crippen LogP contribution is 2.39. The molecule has 0 bridgehead atoms. The first kappa shape index (κ1) is 10.9. The molecule has 2 aromatic rings. The van der Waals surface area contributed by atoms with Crippen molar-refractivity contribution in [2.45, 2.75) is 25.7 Å². The highest BCUT2D eigenvalue weighted by atomic mass is 16.6. The predicted octanol–water partition coefficient (Wildman–Crippen LogP) is 2.83. The summed E-state index contributed by atoms with van der Waals surface area (Å²) in [6, 6.07) is 4.92. The molecule has 1 aliphatic carbocycles. The lowest BCUT2D eigenvalue weighted by atomic mass is 10.1. The lowest BCUT2D eigenvalue weighted by Crippen LogP contribution is -1.92. The monoisotopic (exact) mass is 245 g/mol. The zero-order valence-electron chi connectivity index (χ0n) is 9.79. The molecule has 1 aromatic carbocycles. The van der Waals surface area contributed by atoms with Gasteiger partial charge in [0.15, 0.2) is 5.82 Å². The van der Waals surface area contributed by atoms with E-state index in [0.29, 0.717) is 28.8 Å². The van der Waals surface area contributed by atoms with Crippen LogP contribution in [0.5, 0.6) is 0 Å². The fourth-order valence-electron chi connectivity index (χ4n) is 1.80. The van der Waals surface area contributed by atoms with Crippen molar-refractivity contribution in [3.63, 3.8) is 0 Å². The van der Waals surface area contributed by atoms with Gasteiger partial charge in [0.2, 0.25) is 0 Å². The van der Waals surface area contributed by atoms with Crippen LogP contribution in [0.15, 0.2) is 22.7 Å². The molecule has 1 aromatic heterocycles. The minimum Gasteiger partial charge on any atom is -0.334 e. The van der Waals surface area contributed by atoms with Crippen LogP contribution in [0.25, 0.3) is 11.5 Å². The molecule has 6 nitrogen and oxygen atoms in total. The number of nitro groups is 1. The van der Waals surface area contributed by atoms with Crippen LogP contribution in [-0.4, -0.2) is 15.1 Å². The summed E-state index contributed by atoms with van der Waals surface area (Å²) >= 11 is 0. The van der Waals surface area contributed by atoms with E-state index in [1.54, 1.807) is 19.1 Å². The third-order valence-corrected chi connectivity index (χ3v) is 3.04. The maximum atomic E-state index is 10.9. The van der Waals surface area contributed by atoms with Crippen molar-refractivity contribution in [3.8, 4) is 11.5 Å². The highest BCUT2D eigenvalue weighted by molar-refractivity contribution is 5.59. The van der Waals surface area contributed by atoms with Gasteiger partial charge in [0.05, 0.1) is 4.92 Å². The topological polar surface area (TPSA) is 82.1 Å². The van der Waals surface area contributed by atoms with Gasteiger partial charge < -0.3 is 4.52 Å². The Labute approximate surface area is 103 Å². The molecule has 1 heterocycles. The molecule has 1 fully saturated rings. The minimum atomic E-state index is -0.406. The van der Waals surface area contributed by atoms with Gasteiger partial charge >= 0.3 is 0 Å². The average molecular weight is 245 g/mol. The van der Waals surface area contributed by atoms with Crippen molar-refractivity contribution in [2.24, 2.45) is 0 Å². The Morgan fingerprint density at radius 3 is 2.89 bits per heavy atom. The van der Waals surface area contributed by atoms with Crippen molar-refractivity contribution < 1.29 is 9.45 Å². The van der Waals surface area contributed by atoms with Gasteiger partial charge in [0, 0.05) is 23.1 Å². The first-order chi connectivity index (χ1) is 8.65. The third kappa shape index (κ3) is 1.85. The molecule has 0 spiro atoms. The molecule has 1 saturated carbocycles. The maximum absolute atomic E-state index is 10.9.